The molecule has 0 fully saturated rings. The van der Waals surface area contributed by atoms with Crippen LogP contribution in [0.3, 0.4) is 0 Å². The van der Waals surface area contributed by atoms with E-state index in [1.54, 1.807) is 12.4 Å². The fourth-order valence-electron chi connectivity index (χ4n) is 3.30. The maximum Gasteiger partial charge on any atom is 0.311 e. The molecule has 2 N–H and O–H groups in total. The summed E-state index contributed by atoms with van der Waals surface area (Å²) < 4.78 is 0. The van der Waals surface area contributed by atoms with Crippen LogP contribution in [0.2, 0.25) is 0 Å². The molecule has 0 amide bonds. The molecule has 0 bridgehead atoms. The van der Waals surface area contributed by atoms with Gasteiger partial charge < -0.3 is 10.4 Å². The Morgan fingerprint density at radius 1 is 1.22 bits per heavy atom. The number of aliphatic carboxylic acids is 1. The first-order chi connectivity index (χ1) is 13.2. The maximum atomic E-state index is 11.4. The van der Waals surface area contributed by atoms with Crippen molar-refractivity contribution in [2.24, 2.45) is 0 Å². The van der Waals surface area contributed by atoms with Crippen molar-refractivity contribution in [3.8, 4) is 0 Å². The van der Waals surface area contributed by atoms with Gasteiger partial charge >= 0.3 is 5.97 Å². The lowest BCUT2D eigenvalue weighted by Crippen LogP contribution is -2.13. The monoisotopic (exact) mass is 366 g/mol. The van der Waals surface area contributed by atoms with Gasteiger partial charge in [-0.25, -0.2) is 15.0 Å². The van der Waals surface area contributed by atoms with Gasteiger partial charge in [0.15, 0.2) is 0 Å². The number of carboxylic acids is 1. The highest BCUT2D eigenvalue weighted by Gasteiger charge is 2.18. The van der Waals surface area contributed by atoms with Crippen LogP contribution in [0.15, 0.2) is 43.0 Å². The molecule has 1 aliphatic rings. The third-order valence-corrected chi connectivity index (χ3v) is 4.82. The number of rotatable bonds is 9. The zero-order chi connectivity index (χ0) is 18.9. The molecule has 0 radical (unpaired) electrons. The normalized spacial score (nSPS) is 14.5. The summed E-state index contributed by atoms with van der Waals surface area (Å²) in [6, 6.07) is 4.34. The van der Waals surface area contributed by atoms with Crippen LogP contribution in [0.1, 0.15) is 54.8 Å². The summed E-state index contributed by atoms with van der Waals surface area (Å²) in [7, 11) is 0. The van der Waals surface area contributed by atoms with Gasteiger partial charge in [0.2, 0.25) is 0 Å². The molecule has 0 aliphatic carbocycles. The van der Waals surface area contributed by atoms with E-state index in [-0.39, 0.29) is 0 Å². The molecule has 3 rings (SSSR count). The molecular formula is C21H26N4O2. The van der Waals surface area contributed by atoms with Gasteiger partial charge in [0.1, 0.15) is 12.1 Å². The smallest absolute Gasteiger partial charge is 0.311 e. The highest BCUT2D eigenvalue weighted by molar-refractivity contribution is 5.76. The first kappa shape index (κ1) is 19.0. The fourth-order valence-corrected chi connectivity index (χ4v) is 3.30. The molecule has 0 aromatic carbocycles. The van der Waals surface area contributed by atoms with Crippen molar-refractivity contribution in [1.82, 2.24) is 15.0 Å². The van der Waals surface area contributed by atoms with Crippen molar-refractivity contribution < 1.29 is 9.90 Å². The second-order valence-electron chi connectivity index (χ2n) is 6.86. The summed E-state index contributed by atoms with van der Waals surface area (Å²) in [5, 5.41) is 12.8. The molecule has 0 spiro atoms. The predicted molar refractivity (Wildman–Crippen MR) is 105 cm³/mol. The highest BCUT2D eigenvalue weighted by Crippen LogP contribution is 2.21. The van der Waals surface area contributed by atoms with Crippen LogP contribution >= 0.6 is 0 Å². The Kier molecular flexibility index (Phi) is 6.90. The number of carbonyl (C=O) groups is 1. The number of allylic oxidation sites excluding steroid dienone is 2. The van der Waals surface area contributed by atoms with Crippen molar-refractivity contribution in [3.63, 3.8) is 0 Å². The standard InChI is InChI=1S/C21H26N4O2/c26-21(27)19(17-13-22-15-23-14-17)9-5-3-1-2-4-8-18-11-10-16-7-6-12-24-20(16)25-18/h3,5,10-11,13-15,19H,1-2,4,6-9,12H2,(H,24,25)(H,26,27)/b5-3+/t19-/m1/s1. The molecule has 0 saturated carbocycles. The van der Waals surface area contributed by atoms with Gasteiger partial charge in [0.25, 0.3) is 0 Å². The number of hydrogen-bond acceptors (Lipinski definition) is 5. The summed E-state index contributed by atoms with van der Waals surface area (Å²) in [4.78, 5) is 23.9. The van der Waals surface area contributed by atoms with Crippen molar-refractivity contribution in [2.45, 2.75) is 50.9 Å². The maximum absolute atomic E-state index is 11.4. The quantitative estimate of drug-likeness (QED) is 0.519. The second kappa shape index (κ2) is 9.80. The number of nitrogens with one attached hydrogen (secondary N) is 1. The fraction of sp³-hybridized carbons (Fsp3) is 0.429. The Bertz CT molecular complexity index is 777. The summed E-state index contributed by atoms with van der Waals surface area (Å²) >= 11 is 0. The van der Waals surface area contributed by atoms with Crippen molar-refractivity contribution in [3.05, 3.63) is 59.8 Å². The van der Waals surface area contributed by atoms with E-state index in [2.05, 4.69) is 33.5 Å². The molecule has 0 saturated heterocycles. The average Bonchev–Trinajstić information content (AvgIpc) is 2.70. The molecular weight excluding hydrogens is 340 g/mol. The van der Waals surface area contributed by atoms with Gasteiger partial charge in [0, 0.05) is 30.2 Å². The SMILES string of the molecule is O=C(O)[C@H](C/C=C/CCCCc1ccc2c(n1)NCCC2)c1cncnc1. The Balaban J connectivity index is 1.39. The van der Waals surface area contributed by atoms with Gasteiger partial charge in [0.05, 0.1) is 5.92 Å². The number of carboxylic acid groups (broad SMARTS) is 1. The third kappa shape index (κ3) is 5.61. The van der Waals surface area contributed by atoms with Crippen LogP contribution in [-0.4, -0.2) is 32.6 Å². The van der Waals surface area contributed by atoms with E-state index in [0.29, 0.717) is 12.0 Å². The lowest BCUT2D eigenvalue weighted by atomic mass is 9.98. The Labute approximate surface area is 159 Å². The second-order valence-corrected chi connectivity index (χ2v) is 6.86. The average molecular weight is 366 g/mol. The Morgan fingerprint density at radius 3 is 2.89 bits per heavy atom. The zero-order valence-corrected chi connectivity index (χ0v) is 15.5. The number of fused-ring (bicyclic) bond motifs is 1. The summed E-state index contributed by atoms with van der Waals surface area (Å²) in [5.41, 5.74) is 3.11. The van der Waals surface area contributed by atoms with E-state index >= 15 is 0 Å². The topological polar surface area (TPSA) is 88.0 Å². The molecule has 142 valence electrons. The molecule has 6 nitrogen and oxygen atoms in total. The number of anilines is 1. The van der Waals surface area contributed by atoms with E-state index in [0.717, 1.165) is 50.2 Å². The number of aryl methyl sites for hydroxylation is 2. The Hall–Kier alpha value is -2.76. The van der Waals surface area contributed by atoms with Gasteiger partial charge in [-0.15, -0.1) is 0 Å². The van der Waals surface area contributed by atoms with Crippen molar-refractivity contribution in [1.29, 1.82) is 0 Å². The molecule has 3 heterocycles. The van der Waals surface area contributed by atoms with Crippen LogP contribution in [-0.2, 0) is 17.6 Å². The van der Waals surface area contributed by atoms with E-state index in [1.165, 1.54) is 18.3 Å². The molecule has 1 atom stereocenters. The van der Waals surface area contributed by atoms with E-state index in [1.807, 2.05) is 6.08 Å². The largest absolute Gasteiger partial charge is 0.481 e. The van der Waals surface area contributed by atoms with E-state index in [4.69, 9.17) is 4.98 Å². The van der Waals surface area contributed by atoms with Gasteiger partial charge in [-0.3, -0.25) is 4.79 Å². The van der Waals surface area contributed by atoms with Crippen LogP contribution in [0, 0.1) is 0 Å². The zero-order valence-electron chi connectivity index (χ0n) is 15.5. The molecule has 1 aliphatic heterocycles. The summed E-state index contributed by atoms with van der Waals surface area (Å²) in [5.74, 6) is -0.376. The number of pyridine rings is 1. The lowest BCUT2D eigenvalue weighted by Gasteiger charge is -2.17. The number of nitrogens with zero attached hydrogens (tertiary/aromatic N) is 3. The minimum absolute atomic E-state index is 0.459. The molecule has 27 heavy (non-hydrogen) atoms. The van der Waals surface area contributed by atoms with Gasteiger partial charge in [-0.05, 0) is 56.6 Å². The van der Waals surface area contributed by atoms with E-state index in [9.17, 15) is 9.90 Å². The van der Waals surface area contributed by atoms with Crippen molar-refractivity contribution >= 4 is 11.8 Å². The van der Waals surface area contributed by atoms with Gasteiger partial charge in [-0.2, -0.15) is 0 Å². The third-order valence-electron chi connectivity index (χ3n) is 4.82. The van der Waals surface area contributed by atoms with Crippen molar-refractivity contribution in [2.75, 3.05) is 11.9 Å². The number of aromatic nitrogens is 3. The molecule has 0 unspecified atom stereocenters. The minimum Gasteiger partial charge on any atom is -0.481 e. The molecule has 6 heteroatoms. The number of unbranched alkanes of at least 4 members (excludes halogenated alkanes) is 2. The predicted octanol–water partition coefficient (Wildman–Crippen LogP) is 3.76. The molecule has 2 aromatic rings. The lowest BCUT2D eigenvalue weighted by molar-refractivity contribution is -0.138. The van der Waals surface area contributed by atoms with E-state index < -0.39 is 11.9 Å². The van der Waals surface area contributed by atoms with Crippen LogP contribution in [0.4, 0.5) is 5.82 Å². The highest BCUT2D eigenvalue weighted by atomic mass is 16.4. The summed E-state index contributed by atoms with van der Waals surface area (Å²) in [6.07, 6.45) is 15.4. The molecule has 2 aromatic heterocycles. The number of hydrogen-bond donors (Lipinski definition) is 2. The van der Waals surface area contributed by atoms with Crippen LogP contribution in [0.5, 0.6) is 0 Å². The van der Waals surface area contributed by atoms with Gasteiger partial charge in [-0.1, -0.05) is 18.2 Å². The Morgan fingerprint density at radius 2 is 2.07 bits per heavy atom. The summed E-state index contributed by atoms with van der Waals surface area (Å²) in [6.45, 7) is 1.01. The first-order valence-corrected chi connectivity index (χ1v) is 9.59. The first-order valence-electron chi connectivity index (χ1n) is 9.59. The van der Waals surface area contributed by atoms with Crippen LogP contribution < -0.4 is 5.32 Å². The van der Waals surface area contributed by atoms with Crippen LogP contribution in [0.25, 0.3) is 0 Å². The minimum atomic E-state index is -0.846.